The van der Waals surface area contributed by atoms with Gasteiger partial charge in [0.05, 0.1) is 0 Å². The maximum absolute atomic E-state index is 13.0. The van der Waals surface area contributed by atoms with E-state index in [2.05, 4.69) is 10.6 Å². The zero-order valence-corrected chi connectivity index (χ0v) is 19.7. The third-order valence-corrected chi connectivity index (χ3v) is 4.75. The van der Waals surface area contributed by atoms with Crippen molar-refractivity contribution < 1.29 is 14.3 Å². The second-order valence-electron chi connectivity index (χ2n) is 8.43. The molecule has 170 valence electrons. The monoisotopic (exact) mass is 434 g/mol. The summed E-state index contributed by atoms with van der Waals surface area (Å²) in [5, 5.41) is 5.83. The van der Waals surface area contributed by atoms with Crippen LogP contribution in [0.15, 0.2) is 72.3 Å². The number of hydrogen-bond acceptors (Lipinski definition) is 3. The third-order valence-electron chi connectivity index (χ3n) is 4.75. The molecular weight excluding hydrogens is 400 g/mol. The molecule has 2 amide bonds. The number of nitrogens with one attached hydrogen (secondary N) is 2. The van der Waals surface area contributed by atoms with E-state index in [-0.39, 0.29) is 5.91 Å². The fourth-order valence-corrected chi connectivity index (χ4v) is 3.29. The number of alkyl carbamates (subject to hydrolysis) is 1. The molecule has 0 spiro atoms. The number of carbonyl (C=O) groups excluding carboxylic acids is 2. The van der Waals surface area contributed by atoms with Crippen molar-refractivity contribution in [2.45, 2.75) is 53.2 Å². The molecule has 5 nitrogen and oxygen atoms in total. The fraction of sp³-hybridized carbons (Fsp3) is 0.333. The molecule has 0 atom stereocenters. The Morgan fingerprint density at radius 2 is 1.59 bits per heavy atom. The number of benzene rings is 2. The highest BCUT2D eigenvalue weighted by Gasteiger charge is 2.18. The lowest BCUT2D eigenvalue weighted by Crippen LogP contribution is -2.32. The van der Waals surface area contributed by atoms with Crippen LogP contribution < -0.4 is 10.6 Å². The smallest absolute Gasteiger partial charge is 0.407 e. The Morgan fingerprint density at radius 1 is 0.938 bits per heavy atom. The van der Waals surface area contributed by atoms with E-state index in [0.29, 0.717) is 18.7 Å². The number of rotatable bonds is 8. The van der Waals surface area contributed by atoms with Crippen molar-refractivity contribution in [2.24, 2.45) is 0 Å². The third kappa shape index (κ3) is 7.73. The van der Waals surface area contributed by atoms with Crippen LogP contribution in [0, 0.1) is 0 Å². The highest BCUT2D eigenvalue weighted by Crippen LogP contribution is 2.27. The quantitative estimate of drug-likeness (QED) is 0.499. The largest absolute Gasteiger partial charge is 0.444 e. The van der Waals surface area contributed by atoms with E-state index in [9.17, 15) is 9.59 Å². The second kappa shape index (κ2) is 11.9. The van der Waals surface area contributed by atoms with E-state index in [0.717, 1.165) is 23.1 Å². The minimum absolute atomic E-state index is 0.119. The topological polar surface area (TPSA) is 67.4 Å². The number of allylic oxidation sites excluding steroid dienone is 3. The van der Waals surface area contributed by atoms with Crippen LogP contribution in [0.2, 0.25) is 0 Å². The Hall–Kier alpha value is -3.34. The van der Waals surface area contributed by atoms with Gasteiger partial charge in [-0.15, -0.1) is 0 Å². The number of ether oxygens (including phenoxy) is 1. The summed E-state index contributed by atoms with van der Waals surface area (Å²) in [4.78, 5) is 25.1. The zero-order valence-electron chi connectivity index (χ0n) is 19.7. The Morgan fingerprint density at radius 3 is 2.25 bits per heavy atom. The standard InChI is InChI=1S/C27H34N2O3/c1-6-12-20(7-2)17-18-28-25(30)24-16-11-10-15-23(24)22-14-9-8-13-21(22)19-29-26(31)32-27(3,4)5/h6-16H,17-19H2,1-5H3,(H,28,30)(H,29,31)/b12-6-,20-7+. The minimum Gasteiger partial charge on any atom is -0.444 e. The van der Waals surface area contributed by atoms with E-state index in [1.165, 1.54) is 5.57 Å². The molecule has 0 radical (unpaired) electrons. The van der Waals surface area contributed by atoms with Crippen LogP contribution in [0.3, 0.4) is 0 Å². The molecule has 0 aliphatic rings. The van der Waals surface area contributed by atoms with Crippen LogP contribution in [-0.4, -0.2) is 24.1 Å². The molecule has 0 aromatic heterocycles. The van der Waals surface area contributed by atoms with Gasteiger partial charge in [0.25, 0.3) is 5.91 Å². The predicted molar refractivity (Wildman–Crippen MR) is 130 cm³/mol. The minimum atomic E-state index is -0.561. The summed E-state index contributed by atoms with van der Waals surface area (Å²) in [6.45, 7) is 10.3. The van der Waals surface area contributed by atoms with Crippen molar-refractivity contribution in [3.05, 3.63) is 83.5 Å². The summed E-state index contributed by atoms with van der Waals surface area (Å²) in [5.74, 6) is -0.119. The average molecular weight is 435 g/mol. The zero-order chi connectivity index (χ0) is 23.6. The van der Waals surface area contributed by atoms with Gasteiger partial charge in [0.2, 0.25) is 0 Å². The van der Waals surface area contributed by atoms with Gasteiger partial charge >= 0.3 is 6.09 Å². The summed E-state index contributed by atoms with van der Waals surface area (Å²) in [6, 6.07) is 15.3. The Balaban J connectivity index is 2.18. The average Bonchev–Trinajstić information content (AvgIpc) is 2.76. The van der Waals surface area contributed by atoms with Gasteiger partial charge in [-0.05, 0) is 63.8 Å². The predicted octanol–water partition coefficient (Wildman–Crippen LogP) is 6.02. The molecular formula is C27H34N2O3. The van der Waals surface area contributed by atoms with Gasteiger partial charge in [-0.2, -0.15) is 0 Å². The molecule has 0 heterocycles. The van der Waals surface area contributed by atoms with Crippen LogP contribution in [0.1, 0.15) is 57.0 Å². The summed E-state index contributed by atoms with van der Waals surface area (Å²) in [5.41, 5.74) is 3.85. The first kappa shape index (κ1) is 24.9. The number of carbonyl (C=O) groups is 2. The summed E-state index contributed by atoms with van der Waals surface area (Å²) >= 11 is 0. The van der Waals surface area contributed by atoms with Gasteiger partial charge in [-0.1, -0.05) is 66.3 Å². The van der Waals surface area contributed by atoms with Crippen molar-refractivity contribution in [1.29, 1.82) is 0 Å². The molecule has 32 heavy (non-hydrogen) atoms. The fourth-order valence-electron chi connectivity index (χ4n) is 3.29. The normalized spacial score (nSPS) is 12.0. The molecule has 5 heteroatoms. The van der Waals surface area contributed by atoms with Gasteiger partial charge in [-0.25, -0.2) is 4.79 Å². The highest BCUT2D eigenvalue weighted by molar-refractivity contribution is 6.01. The molecule has 0 aliphatic carbocycles. The van der Waals surface area contributed by atoms with Crippen LogP contribution in [0.25, 0.3) is 11.1 Å². The van der Waals surface area contributed by atoms with Gasteiger partial charge in [0.1, 0.15) is 5.60 Å². The molecule has 2 rings (SSSR count). The first-order valence-corrected chi connectivity index (χ1v) is 11.0. The van der Waals surface area contributed by atoms with Gasteiger partial charge < -0.3 is 15.4 Å². The van der Waals surface area contributed by atoms with Crippen LogP contribution in [0.5, 0.6) is 0 Å². The lowest BCUT2D eigenvalue weighted by molar-refractivity contribution is 0.0523. The maximum Gasteiger partial charge on any atom is 0.407 e. The van der Waals surface area contributed by atoms with Gasteiger partial charge in [0.15, 0.2) is 0 Å². The van der Waals surface area contributed by atoms with Gasteiger partial charge in [-0.3, -0.25) is 4.79 Å². The Labute approximate surface area is 191 Å². The van der Waals surface area contributed by atoms with Crippen LogP contribution in [0.4, 0.5) is 4.79 Å². The summed E-state index contributed by atoms with van der Waals surface area (Å²) < 4.78 is 5.33. The second-order valence-corrected chi connectivity index (χ2v) is 8.43. The molecule has 0 aliphatic heterocycles. The van der Waals surface area contributed by atoms with Crippen molar-refractivity contribution >= 4 is 12.0 Å². The van der Waals surface area contributed by atoms with Crippen molar-refractivity contribution in [1.82, 2.24) is 10.6 Å². The first-order chi connectivity index (χ1) is 15.2. The molecule has 0 unspecified atom stereocenters. The lowest BCUT2D eigenvalue weighted by atomic mass is 9.95. The maximum atomic E-state index is 13.0. The molecule has 2 aromatic carbocycles. The van der Waals surface area contributed by atoms with Crippen molar-refractivity contribution in [3.8, 4) is 11.1 Å². The Kier molecular flexibility index (Phi) is 9.26. The summed E-state index contributed by atoms with van der Waals surface area (Å²) in [6.07, 6.45) is 6.39. The SMILES string of the molecule is C/C=C\C(=C/C)CCNC(=O)c1ccccc1-c1ccccc1CNC(=O)OC(C)(C)C. The van der Waals surface area contributed by atoms with Crippen LogP contribution in [-0.2, 0) is 11.3 Å². The van der Waals surface area contributed by atoms with E-state index < -0.39 is 11.7 Å². The molecule has 0 bridgehead atoms. The highest BCUT2D eigenvalue weighted by atomic mass is 16.6. The van der Waals surface area contributed by atoms with Crippen LogP contribution >= 0.6 is 0 Å². The molecule has 2 N–H and O–H groups in total. The van der Waals surface area contributed by atoms with E-state index in [4.69, 9.17) is 4.74 Å². The van der Waals surface area contributed by atoms with Gasteiger partial charge in [0, 0.05) is 18.7 Å². The van der Waals surface area contributed by atoms with E-state index in [1.807, 2.05) is 101 Å². The van der Waals surface area contributed by atoms with Crippen molar-refractivity contribution in [2.75, 3.05) is 6.54 Å². The number of amides is 2. The first-order valence-electron chi connectivity index (χ1n) is 11.0. The molecule has 0 saturated heterocycles. The van der Waals surface area contributed by atoms with Crippen molar-refractivity contribution in [3.63, 3.8) is 0 Å². The summed E-state index contributed by atoms with van der Waals surface area (Å²) in [7, 11) is 0. The van der Waals surface area contributed by atoms with E-state index >= 15 is 0 Å². The molecule has 2 aromatic rings. The molecule has 0 saturated carbocycles. The molecule has 0 fully saturated rings. The number of hydrogen-bond donors (Lipinski definition) is 2. The lowest BCUT2D eigenvalue weighted by Gasteiger charge is -2.20. The van der Waals surface area contributed by atoms with E-state index in [1.54, 1.807) is 0 Å². The Bertz CT molecular complexity index is 984.